The Morgan fingerprint density at radius 3 is 3.00 bits per heavy atom. The Morgan fingerprint density at radius 1 is 1.62 bits per heavy atom. The van der Waals surface area contributed by atoms with Gasteiger partial charge in [0.05, 0.1) is 6.54 Å². The van der Waals surface area contributed by atoms with Gasteiger partial charge < -0.3 is 0 Å². The first-order valence-electron chi connectivity index (χ1n) is 3.85. The molecule has 0 bridgehead atoms. The van der Waals surface area contributed by atoms with E-state index in [-0.39, 0.29) is 12.3 Å². The second kappa shape index (κ2) is 4.28. The van der Waals surface area contributed by atoms with Crippen LogP contribution in [0.4, 0.5) is 0 Å². The van der Waals surface area contributed by atoms with Crippen molar-refractivity contribution in [2.75, 3.05) is 0 Å². The first kappa shape index (κ1) is 9.29. The zero-order valence-electron chi connectivity index (χ0n) is 7.27. The van der Waals surface area contributed by atoms with E-state index >= 15 is 0 Å². The lowest BCUT2D eigenvalue weighted by Crippen LogP contribution is -1.92. The minimum atomic E-state index is 0.0165. The fourth-order valence-electron chi connectivity index (χ4n) is 1.00. The van der Waals surface area contributed by atoms with E-state index in [1.165, 1.54) is 6.92 Å². The molecule has 0 aliphatic heterocycles. The summed E-state index contributed by atoms with van der Waals surface area (Å²) < 4.78 is 0. The van der Waals surface area contributed by atoms with Gasteiger partial charge in [0.1, 0.15) is 0 Å². The quantitative estimate of drug-likeness (QED) is 0.301. The molecule has 0 unspecified atom stereocenters. The molecule has 0 aromatic heterocycles. The van der Waals surface area contributed by atoms with Gasteiger partial charge >= 0.3 is 0 Å². The number of nitrogens with zero attached hydrogens (tertiary/aromatic N) is 3. The standard InChI is InChI=1S/C9H9N3O/c1-7(13)9-4-2-3-8(5-9)6-11-12-10/h2-5H,6H2,1H3. The first-order valence-corrected chi connectivity index (χ1v) is 3.85. The fourth-order valence-corrected chi connectivity index (χ4v) is 1.00. The van der Waals surface area contributed by atoms with Gasteiger partial charge in [0.2, 0.25) is 0 Å². The van der Waals surface area contributed by atoms with Crippen LogP contribution in [-0.2, 0) is 6.54 Å². The minimum absolute atomic E-state index is 0.0165. The monoisotopic (exact) mass is 175 g/mol. The Bertz CT molecular complexity index is 367. The summed E-state index contributed by atoms with van der Waals surface area (Å²) in [5.74, 6) is 0.0165. The van der Waals surface area contributed by atoms with Crippen LogP contribution in [0.15, 0.2) is 29.4 Å². The molecule has 0 fully saturated rings. The zero-order chi connectivity index (χ0) is 9.68. The van der Waals surface area contributed by atoms with Gasteiger partial charge in [0.25, 0.3) is 0 Å². The molecule has 0 N–H and O–H groups in total. The number of carbonyl (C=O) groups excluding carboxylic acids is 1. The molecule has 0 saturated carbocycles. The van der Waals surface area contributed by atoms with Crippen molar-refractivity contribution in [1.29, 1.82) is 0 Å². The van der Waals surface area contributed by atoms with E-state index in [1.807, 2.05) is 6.07 Å². The molecular weight excluding hydrogens is 166 g/mol. The number of benzene rings is 1. The van der Waals surface area contributed by atoms with Crippen LogP contribution in [0.3, 0.4) is 0 Å². The number of Topliss-reactive ketones (excluding diaryl/α,β-unsaturated/α-hetero) is 1. The molecule has 1 aromatic rings. The SMILES string of the molecule is CC(=O)c1cccc(CN=[N+]=[N-])c1. The number of rotatable bonds is 3. The van der Waals surface area contributed by atoms with E-state index < -0.39 is 0 Å². The smallest absolute Gasteiger partial charge is 0.159 e. The fraction of sp³-hybridized carbons (Fsp3) is 0.222. The molecule has 4 nitrogen and oxygen atoms in total. The molecule has 13 heavy (non-hydrogen) atoms. The van der Waals surface area contributed by atoms with Gasteiger partial charge in [-0.2, -0.15) is 0 Å². The molecule has 4 heteroatoms. The largest absolute Gasteiger partial charge is 0.295 e. The molecule has 0 heterocycles. The molecule has 1 rings (SSSR count). The van der Waals surface area contributed by atoms with Crippen molar-refractivity contribution in [3.05, 3.63) is 45.8 Å². The predicted molar refractivity (Wildman–Crippen MR) is 49.3 cm³/mol. The summed E-state index contributed by atoms with van der Waals surface area (Å²) in [4.78, 5) is 13.6. The van der Waals surface area contributed by atoms with Gasteiger partial charge in [-0.05, 0) is 24.1 Å². The Balaban J connectivity index is 2.91. The third-order valence-corrected chi connectivity index (χ3v) is 1.65. The number of hydrogen-bond donors (Lipinski definition) is 0. The molecular formula is C9H9N3O. The molecule has 66 valence electrons. The van der Waals surface area contributed by atoms with E-state index in [9.17, 15) is 4.79 Å². The molecule has 0 saturated heterocycles. The van der Waals surface area contributed by atoms with Crippen LogP contribution in [0.5, 0.6) is 0 Å². The van der Waals surface area contributed by atoms with E-state index in [4.69, 9.17) is 5.53 Å². The lowest BCUT2D eigenvalue weighted by atomic mass is 10.1. The highest BCUT2D eigenvalue weighted by Gasteiger charge is 1.98. The third-order valence-electron chi connectivity index (χ3n) is 1.65. The van der Waals surface area contributed by atoms with Crippen LogP contribution in [0.25, 0.3) is 10.4 Å². The number of azide groups is 1. The first-order chi connectivity index (χ1) is 6.24. The molecule has 0 aliphatic rings. The van der Waals surface area contributed by atoms with Gasteiger partial charge in [0.15, 0.2) is 5.78 Å². The highest BCUT2D eigenvalue weighted by atomic mass is 16.1. The normalized spacial score (nSPS) is 9.00. The van der Waals surface area contributed by atoms with E-state index in [1.54, 1.807) is 18.2 Å². The molecule has 0 amide bonds. The van der Waals surface area contributed by atoms with Crippen molar-refractivity contribution in [3.8, 4) is 0 Å². The molecule has 0 radical (unpaired) electrons. The number of hydrogen-bond acceptors (Lipinski definition) is 2. The average molecular weight is 175 g/mol. The Morgan fingerprint density at radius 2 is 2.38 bits per heavy atom. The van der Waals surface area contributed by atoms with Crippen LogP contribution >= 0.6 is 0 Å². The van der Waals surface area contributed by atoms with Gasteiger partial charge in [-0.1, -0.05) is 23.3 Å². The third kappa shape index (κ3) is 2.61. The maximum absolute atomic E-state index is 11.0. The van der Waals surface area contributed by atoms with Gasteiger partial charge in [0, 0.05) is 10.5 Å². The van der Waals surface area contributed by atoms with Crippen molar-refractivity contribution >= 4 is 5.78 Å². The highest BCUT2D eigenvalue weighted by Crippen LogP contribution is 2.07. The van der Waals surface area contributed by atoms with Crippen molar-refractivity contribution in [3.63, 3.8) is 0 Å². The summed E-state index contributed by atoms with van der Waals surface area (Å²) in [5, 5.41) is 3.41. The molecule has 0 spiro atoms. The van der Waals surface area contributed by atoms with Crippen LogP contribution in [0.1, 0.15) is 22.8 Å². The summed E-state index contributed by atoms with van der Waals surface area (Å²) >= 11 is 0. The number of ketones is 1. The highest BCUT2D eigenvalue weighted by molar-refractivity contribution is 5.94. The predicted octanol–water partition coefficient (Wildman–Crippen LogP) is 2.70. The van der Waals surface area contributed by atoms with Crippen molar-refractivity contribution < 1.29 is 4.79 Å². The van der Waals surface area contributed by atoms with Gasteiger partial charge in [-0.25, -0.2) is 0 Å². The second-order valence-corrected chi connectivity index (χ2v) is 2.65. The van der Waals surface area contributed by atoms with E-state index in [0.29, 0.717) is 5.56 Å². The second-order valence-electron chi connectivity index (χ2n) is 2.65. The molecule has 0 atom stereocenters. The summed E-state index contributed by atoms with van der Waals surface area (Å²) in [6, 6.07) is 7.07. The lowest BCUT2D eigenvalue weighted by molar-refractivity contribution is 0.101. The molecule has 0 aliphatic carbocycles. The summed E-state index contributed by atoms with van der Waals surface area (Å²) in [6.45, 7) is 1.80. The van der Waals surface area contributed by atoms with Crippen LogP contribution < -0.4 is 0 Å². The minimum Gasteiger partial charge on any atom is -0.295 e. The lowest BCUT2D eigenvalue weighted by Gasteiger charge is -1.98. The molecule has 1 aromatic carbocycles. The van der Waals surface area contributed by atoms with Crippen LogP contribution in [0.2, 0.25) is 0 Å². The van der Waals surface area contributed by atoms with Crippen molar-refractivity contribution in [1.82, 2.24) is 0 Å². The average Bonchev–Trinajstić information content (AvgIpc) is 2.15. The maximum atomic E-state index is 11.0. The van der Waals surface area contributed by atoms with Crippen molar-refractivity contribution in [2.24, 2.45) is 5.11 Å². The summed E-state index contributed by atoms with van der Waals surface area (Å²) in [6.07, 6.45) is 0. The maximum Gasteiger partial charge on any atom is 0.159 e. The Kier molecular flexibility index (Phi) is 3.06. The van der Waals surface area contributed by atoms with E-state index in [2.05, 4.69) is 10.0 Å². The van der Waals surface area contributed by atoms with Crippen molar-refractivity contribution in [2.45, 2.75) is 13.5 Å². The Hall–Kier alpha value is -1.80. The van der Waals surface area contributed by atoms with E-state index in [0.717, 1.165) is 5.56 Å². The van der Waals surface area contributed by atoms with Gasteiger partial charge in [-0.15, -0.1) is 0 Å². The topological polar surface area (TPSA) is 65.8 Å². The summed E-state index contributed by atoms with van der Waals surface area (Å²) in [5.41, 5.74) is 9.59. The zero-order valence-corrected chi connectivity index (χ0v) is 7.27. The summed E-state index contributed by atoms with van der Waals surface area (Å²) in [7, 11) is 0. The van der Waals surface area contributed by atoms with Crippen LogP contribution in [-0.4, -0.2) is 5.78 Å². The van der Waals surface area contributed by atoms with Gasteiger partial charge in [-0.3, -0.25) is 4.79 Å². The Labute approximate surface area is 75.8 Å². The van der Waals surface area contributed by atoms with Crippen LogP contribution in [0, 0.1) is 0 Å². The number of carbonyl (C=O) groups is 1.